The Bertz CT molecular complexity index is 476. The molecule has 4 heteroatoms. The van der Waals surface area contributed by atoms with Crippen LogP contribution in [0.1, 0.15) is 62.8 Å². The summed E-state index contributed by atoms with van der Waals surface area (Å²) in [4.78, 5) is 12.0. The molecule has 4 nitrogen and oxygen atoms in total. The molecule has 1 aromatic rings. The molecule has 2 saturated carbocycles. The van der Waals surface area contributed by atoms with Gasteiger partial charge in [0.1, 0.15) is 17.5 Å². The highest BCUT2D eigenvalue weighted by atomic mass is 15.2. The van der Waals surface area contributed by atoms with E-state index in [-0.39, 0.29) is 0 Å². The van der Waals surface area contributed by atoms with Crippen LogP contribution < -0.4 is 10.2 Å². The lowest BCUT2D eigenvalue weighted by atomic mass is 10.2. The standard InChI is InChI=1S/C16H26N4/c1-4-17-14-11(2)16(19-15(18-14)12-9-10-12)20(3)13-7-5-6-8-13/h12-13H,4-10H2,1-3H3,(H,17,18,19). The number of nitrogens with one attached hydrogen (secondary N) is 1. The van der Waals surface area contributed by atoms with Gasteiger partial charge >= 0.3 is 0 Å². The third kappa shape index (κ3) is 2.60. The Kier molecular flexibility index (Phi) is 3.81. The van der Waals surface area contributed by atoms with Crippen molar-refractivity contribution in [1.82, 2.24) is 9.97 Å². The van der Waals surface area contributed by atoms with Gasteiger partial charge in [0, 0.05) is 31.1 Å². The predicted molar refractivity (Wildman–Crippen MR) is 83.6 cm³/mol. The summed E-state index contributed by atoms with van der Waals surface area (Å²) in [6, 6.07) is 0.658. The summed E-state index contributed by atoms with van der Waals surface area (Å²) in [6.07, 6.45) is 7.82. The first kappa shape index (κ1) is 13.7. The topological polar surface area (TPSA) is 41.1 Å². The summed E-state index contributed by atoms with van der Waals surface area (Å²) in [6.45, 7) is 5.18. The van der Waals surface area contributed by atoms with Gasteiger partial charge in [-0.1, -0.05) is 12.8 Å². The molecule has 20 heavy (non-hydrogen) atoms. The highest BCUT2D eigenvalue weighted by molar-refractivity contribution is 5.59. The van der Waals surface area contributed by atoms with Gasteiger partial charge < -0.3 is 10.2 Å². The van der Waals surface area contributed by atoms with E-state index < -0.39 is 0 Å². The quantitative estimate of drug-likeness (QED) is 0.892. The van der Waals surface area contributed by atoms with Crippen LogP contribution in [0.5, 0.6) is 0 Å². The Hall–Kier alpha value is -1.32. The summed E-state index contributed by atoms with van der Waals surface area (Å²) in [5.41, 5.74) is 1.20. The van der Waals surface area contributed by atoms with Crippen LogP contribution in [0.15, 0.2) is 0 Å². The van der Waals surface area contributed by atoms with Crippen LogP contribution in [0.2, 0.25) is 0 Å². The minimum Gasteiger partial charge on any atom is -0.370 e. The largest absolute Gasteiger partial charge is 0.370 e. The van der Waals surface area contributed by atoms with Crippen molar-refractivity contribution >= 4 is 11.6 Å². The highest BCUT2D eigenvalue weighted by Crippen LogP contribution is 2.40. The molecule has 0 aromatic carbocycles. The van der Waals surface area contributed by atoms with E-state index in [0.29, 0.717) is 12.0 Å². The second kappa shape index (κ2) is 5.58. The summed E-state index contributed by atoms with van der Waals surface area (Å²) >= 11 is 0. The van der Waals surface area contributed by atoms with Crippen molar-refractivity contribution in [3.63, 3.8) is 0 Å². The predicted octanol–water partition coefficient (Wildman–Crippen LogP) is 3.47. The van der Waals surface area contributed by atoms with Crippen molar-refractivity contribution in [2.24, 2.45) is 0 Å². The maximum atomic E-state index is 4.90. The Labute approximate surface area is 122 Å². The van der Waals surface area contributed by atoms with Gasteiger partial charge in [-0.3, -0.25) is 0 Å². The van der Waals surface area contributed by atoms with E-state index in [0.717, 1.165) is 24.0 Å². The zero-order chi connectivity index (χ0) is 14.1. The lowest BCUT2D eigenvalue weighted by Gasteiger charge is -2.28. The number of anilines is 2. The maximum Gasteiger partial charge on any atom is 0.137 e. The average Bonchev–Trinajstić information content (AvgIpc) is 3.15. The van der Waals surface area contributed by atoms with Crippen molar-refractivity contribution in [3.8, 4) is 0 Å². The number of aromatic nitrogens is 2. The van der Waals surface area contributed by atoms with Crippen LogP contribution in [0, 0.1) is 6.92 Å². The minimum absolute atomic E-state index is 0.601. The van der Waals surface area contributed by atoms with E-state index in [1.165, 1.54) is 44.1 Å². The van der Waals surface area contributed by atoms with Gasteiger partial charge in [0.2, 0.25) is 0 Å². The lowest BCUT2D eigenvalue weighted by molar-refractivity contribution is 0.641. The fraction of sp³-hybridized carbons (Fsp3) is 0.750. The number of nitrogens with zero attached hydrogens (tertiary/aromatic N) is 3. The molecule has 0 amide bonds. The SMILES string of the molecule is CCNc1nc(C2CC2)nc(N(C)C2CCCC2)c1C. The number of hydrogen-bond donors (Lipinski definition) is 1. The van der Waals surface area contributed by atoms with Crippen LogP contribution in [0.3, 0.4) is 0 Å². The summed E-state index contributed by atoms with van der Waals surface area (Å²) < 4.78 is 0. The molecule has 1 N–H and O–H groups in total. The van der Waals surface area contributed by atoms with E-state index in [1.54, 1.807) is 0 Å². The third-order valence-electron chi connectivity index (χ3n) is 4.63. The average molecular weight is 274 g/mol. The Morgan fingerprint density at radius 2 is 1.85 bits per heavy atom. The molecule has 110 valence electrons. The van der Waals surface area contributed by atoms with Gasteiger partial charge in [0.15, 0.2) is 0 Å². The summed E-state index contributed by atoms with van der Waals surface area (Å²) in [7, 11) is 2.21. The van der Waals surface area contributed by atoms with Gasteiger partial charge in [0.25, 0.3) is 0 Å². The third-order valence-corrected chi connectivity index (χ3v) is 4.63. The van der Waals surface area contributed by atoms with Crippen molar-refractivity contribution < 1.29 is 0 Å². The zero-order valence-electron chi connectivity index (χ0n) is 12.9. The molecule has 1 heterocycles. The Morgan fingerprint density at radius 1 is 1.15 bits per heavy atom. The monoisotopic (exact) mass is 274 g/mol. The van der Waals surface area contributed by atoms with E-state index >= 15 is 0 Å². The van der Waals surface area contributed by atoms with E-state index in [2.05, 4.69) is 31.1 Å². The summed E-state index contributed by atoms with van der Waals surface area (Å²) in [5, 5.41) is 3.41. The van der Waals surface area contributed by atoms with Gasteiger partial charge in [-0.15, -0.1) is 0 Å². The van der Waals surface area contributed by atoms with Gasteiger partial charge in [-0.2, -0.15) is 0 Å². The molecule has 0 atom stereocenters. The highest BCUT2D eigenvalue weighted by Gasteiger charge is 2.30. The van der Waals surface area contributed by atoms with Crippen LogP contribution in [-0.2, 0) is 0 Å². The first-order valence-corrected chi connectivity index (χ1v) is 8.06. The van der Waals surface area contributed by atoms with Gasteiger partial charge in [-0.05, 0) is 39.5 Å². The van der Waals surface area contributed by atoms with E-state index in [9.17, 15) is 0 Å². The molecule has 2 aliphatic rings. The molecular weight excluding hydrogens is 248 g/mol. The Balaban J connectivity index is 1.94. The second-order valence-corrected chi connectivity index (χ2v) is 6.23. The molecule has 2 fully saturated rings. The van der Waals surface area contributed by atoms with Crippen LogP contribution in [-0.4, -0.2) is 29.6 Å². The van der Waals surface area contributed by atoms with Crippen LogP contribution in [0.25, 0.3) is 0 Å². The molecule has 0 radical (unpaired) electrons. The molecule has 0 aliphatic heterocycles. The molecule has 0 bridgehead atoms. The number of hydrogen-bond acceptors (Lipinski definition) is 4. The molecule has 1 aromatic heterocycles. The smallest absolute Gasteiger partial charge is 0.137 e. The first-order chi connectivity index (χ1) is 9.70. The van der Waals surface area contributed by atoms with Gasteiger partial charge in [-0.25, -0.2) is 9.97 Å². The lowest BCUT2D eigenvalue weighted by Crippen LogP contribution is -2.31. The Morgan fingerprint density at radius 3 is 2.45 bits per heavy atom. The second-order valence-electron chi connectivity index (χ2n) is 6.23. The van der Waals surface area contributed by atoms with Crippen molar-refractivity contribution in [1.29, 1.82) is 0 Å². The molecule has 0 unspecified atom stereocenters. The minimum atomic E-state index is 0.601. The van der Waals surface area contributed by atoms with Crippen molar-refractivity contribution in [2.45, 2.75) is 64.3 Å². The normalized spacial score (nSPS) is 19.4. The fourth-order valence-corrected chi connectivity index (χ4v) is 3.19. The molecule has 2 aliphatic carbocycles. The van der Waals surface area contributed by atoms with Crippen molar-refractivity contribution in [2.75, 3.05) is 23.8 Å². The summed E-state index contributed by atoms with van der Waals surface area (Å²) in [5.74, 6) is 3.82. The molecular formula is C16H26N4. The number of rotatable bonds is 5. The maximum absolute atomic E-state index is 4.90. The first-order valence-electron chi connectivity index (χ1n) is 8.06. The zero-order valence-corrected chi connectivity index (χ0v) is 12.9. The van der Waals surface area contributed by atoms with Crippen molar-refractivity contribution in [3.05, 3.63) is 11.4 Å². The fourth-order valence-electron chi connectivity index (χ4n) is 3.19. The molecule has 3 rings (SSSR count). The van der Waals surface area contributed by atoms with Crippen LogP contribution in [0.4, 0.5) is 11.6 Å². The van der Waals surface area contributed by atoms with Gasteiger partial charge in [0.05, 0.1) is 0 Å². The molecule has 0 saturated heterocycles. The van der Waals surface area contributed by atoms with E-state index in [1.807, 2.05) is 0 Å². The van der Waals surface area contributed by atoms with E-state index in [4.69, 9.17) is 9.97 Å². The van der Waals surface area contributed by atoms with Crippen LogP contribution >= 0.6 is 0 Å². The molecule has 0 spiro atoms.